The Morgan fingerprint density at radius 2 is 2.15 bits per heavy atom. The predicted octanol–water partition coefficient (Wildman–Crippen LogP) is 1.28. The van der Waals surface area contributed by atoms with Gasteiger partial charge in [0.05, 0.1) is 12.1 Å². The van der Waals surface area contributed by atoms with E-state index < -0.39 is 15.6 Å². The Morgan fingerprint density at radius 3 is 2.80 bits per heavy atom. The van der Waals surface area contributed by atoms with Gasteiger partial charge in [-0.1, -0.05) is 5.92 Å². The van der Waals surface area contributed by atoms with Crippen molar-refractivity contribution >= 4 is 15.7 Å². The minimum Gasteiger partial charge on any atom is -0.492 e. The molecule has 1 heterocycles. The number of nitrogens with one attached hydrogen (secondary N) is 1. The SMILES string of the molecule is C#CC(C)(C)NS(=O)(=O)c1cc(N)cc2c1OCCC2. The van der Waals surface area contributed by atoms with Crippen LogP contribution in [0.1, 0.15) is 25.8 Å². The number of hydrogen-bond donors (Lipinski definition) is 2. The lowest BCUT2D eigenvalue weighted by atomic mass is 10.1. The predicted molar refractivity (Wildman–Crippen MR) is 77.9 cm³/mol. The maximum absolute atomic E-state index is 12.5. The Labute approximate surface area is 119 Å². The molecule has 0 aromatic heterocycles. The fourth-order valence-corrected chi connectivity index (χ4v) is 3.66. The normalized spacial score (nSPS) is 15.1. The number of terminal acetylenes is 1. The lowest BCUT2D eigenvalue weighted by Crippen LogP contribution is -2.42. The second-order valence-electron chi connectivity index (χ2n) is 5.33. The number of nitrogen functional groups attached to an aromatic ring is 1. The molecule has 0 fully saturated rings. The zero-order chi connectivity index (χ0) is 15.0. The van der Waals surface area contributed by atoms with Gasteiger partial charge in [-0.3, -0.25) is 0 Å². The molecule has 0 amide bonds. The highest BCUT2D eigenvalue weighted by atomic mass is 32.2. The number of nitrogens with two attached hydrogens (primary N) is 1. The molecule has 1 aromatic rings. The summed E-state index contributed by atoms with van der Waals surface area (Å²) in [4.78, 5) is 0.0514. The summed E-state index contributed by atoms with van der Waals surface area (Å²) in [6.45, 7) is 3.73. The number of fused-ring (bicyclic) bond motifs is 1. The second kappa shape index (κ2) is 5.00. The Bertz CT molecular complexity index is 672. The van der Waals surface area contributed by atoms with Crippen LogP contribution < -0.4 is 15.2 Å². The third-order valence-corrected chi connectivity index (χ3v) is 4.69. The van der Waals surface area contributed by atoms with Crippen molar-refractivity contribution in [2.45, 2.75) is 37.1 Å². The molecule has 0 radical (unpaired) electrons. The van der Waals surface area contributed by atoms with Crippen LogP contribution in [0.15, 0.2) is 17.0 Å². The highest BCUT2D eigenvalue weighted by Gasteiger charge is 2.29. The lowest BCUT2D eigenvalue weighted by Gasteiger charge is -2.24. The summed E-state index contributed by atoms with van der Waals surface area (Å²) >= 11 is 0. The average molecular weight is 294 g/mol. The topological polar surface area (TPSA) is 81.4 Å². The summed E-state index contributed by atoms with van der Waals surface area (Å²) in [5.74, 6) is 2.78. The molecule has 0 spiro atoms. The second-order valence-corrected chi connectivity index (χ2v) is 6.98. The molecule has 2 rings (SSSR count). The molecule has 1 aliphatic rings. The van der Waals surface area contributed by atoms with Crippen molar-refractivity contribution in [3.8, 4) is 18.1 Å². The van der Waals surface area contributed by atoms with Crippen molar-refractivity contribution in [2.75, 3.05) is 12.3 Å². The first kappa shape index (κ1) is 14.7. The van der Waals surface area contributed by atoms with Gasteiger partial charge in [0.15, 0.2) is 0 Å². The molecule has 108 valence electrons. The van der Waals surface area contributed by atoms with E-state index in [2.05, 4.69) is 10.6 Å². The van der Waals surface area contributed by atoms with Crippen LogP contribution in [0.4, 0.5) is 5.69 Å². The van der Waals surface area contributed by atoms with Crippen molar-refractivity contribution < 1.29 is 13.2 Å². The number of rotatable bonds is 3. The van der Waals surface area contributed by atoms with Gasteiger partial charge >= 0.3 is 0 Å². The van der Waals surface area contributed by atoms with Gasteiger partial charge in [-0.15, -0.1) is 6.42 Å². The van der Waals surface area contributed by atoms with Crippen molar-refractivity contribution in [3.63, 3.8) is 0 Å². The number of sulfonamides is 1. The fraction of sp³-hybridized carbons (Fsp3) is 0.429. The highest BCUT2D eigenvalue weighted by molar-refractivity contribution is 7.89. The summed E-state index contributed by atoms with van der Waals surface area (Å²) in [5, 5.41) is 0. The molecule has 0 bridgehead atoms. The number of anilines is 1. The number of hydrogen-bond acceptors (Lipinski definition) is 4. The van der Waals surface area contributed by atoms with Crippen LogP contribution in [0.3, 0.4) is 0 Å². The van der Waals surface area contributed by atoms with Gasteiger partial charge in [0.1, 0.15) is 10.6 Å². The number of benzene rings is 1. The molecule has 1 aliphatic heterocycles. The zero-order valence-corrected chi connectivity index (χ0v) is 12.4. The van der Waals surface area contributed by atoms with Crippen LogP contribution in [-0.2, 0) is 16.4 Å². The van der Waals surface area contributed by atoms with Gasteiger partial charge < -0.3 is 10.5 Å². The van der Waals surface area contributed by atoms with Crippen LogP contribution in [0.2, 0.25) is 0 Å². The summed E-state index contributed by atoms with van der Waals surface area (Å²) < 4.78 is 33.0. The molecule has 0 unspecified atom stereocenters. The highest BCUT2D eigenvalue weighted by Crippen LogP contribution is 2.34. The molecule has 1 aromatic carbocycles. The van der Waals surface area contributed by atoms with E-state index in [4.69, 9.17) is 16.9 Å². The van der Waals surface area contributed by atoms with E-state index in [1.54, 1.807) is 19.9 Å². The van der Waals surface area contributed by atoms with E-state index in [-0.39, 0.29) is 4.90 Å². The van der Waals surface area contributed by atoms with Crippen molar-refractivity contribution in [3.05, 3.63) is 17.7 Å². The van der Waals surface area contributed by atoms with Gasteiger partial charge in [0.25, 0.3) is 0 Å². The van der Waals surface area contributed by atoms with E-state index in [1.807, 2.05) is 0 Å². The molecule has 20 heavy (non-hydrogen) atoms. The van der Waals surface area contributed by atoms with E-state index >= 15 is 0 Å². The van der Waals surface area contributed by atoms with Gasteiger partial charge in [0, 0.05) is 5.69 Å². The number of ether oxygens (including phenoxy) is 1. The van der Waals surface area contributed by atoms with E-state index in [9.17, 15) is 8.42 Å². The minimum atomic E-state index is -3.79. The Kier molecular flexibility index (Phi) is 3.67. The number of aryl methyl sites for hydroxylation is 1. The van der Waals surface area contributed by atoms with E-state index in [1.165, 1.54) is 6.07 Å². The molecule has 0 aliphatic carbocycles. The van der Waals surface area contributed by atoms with Crippen LogP contribution >= 0.6 is 0 Å². The maximum atomic E-state index is 12.5. The van der Waals surface area contributed by atoms with E-state index in [0.29, 0.717) is 18.0 Å². The van der Waals surface area contributed by atoms with Crippen molar-refractivity contribution in [1.29, 1.82) is 0 Å². The Morgan fingerprint density at radius 1 is 1.45 bits per heavy atom. The first-order valence-electron chi connectivity index (χ1n) is 6.32. The summed E-state index contributed by atoms with van der Waals surface area (Å²) in [6.07, 6.45) is 6.92. The van der Waals surface area contributed by atoms with Crippen LogP contribution in [0.5, 0.6) is 5.75 Å². The standard InChI is InChI=1S/C14H18N2O3S/c1-4-14(2,3)16-20(17,18)12-9-11(15)8-10-6-5-7-19-13(10)12/h1,8-9,16H,5-7,15H2,2-3H3. The largest absolute Gasteiger partial charge is 0.492 e. The summed E-state index contributed by atoms with van der Waals surface area (Å²) in [5.41, 5.74) is 6.02. The fourth-order valence-electron chi connectivity index (χ4n) is 2.09. The monoisotopic (exact) mass is 294 g/mol. The molecular formula is C14H18N2O3S. The third kappa shape index (κ3) is 2.89. The van der Waals surface area contributed by atoms with Gasteiger partial charge in [-0.05, 0) is 44.4 Å². The Hall–Kier alpha value is -1.71. The quantitative estimate of drug-likeness (QED) is 0.650. The molecular weight excluding hydrogens is 276 g/mol. The van der Waals surface area contributed by atoms with Gasteiger partial charge in [-0.2, -0.15) is 4.72 Å². The van der Waals surface area contributed by atoms with Gasteiger partial charge in [-0.25, -0.2) is 8.42 Å². The van der Waals surface area contributed by atoms with Crippen LogP contribution in [0.25, 0.3) is 0 Å². The smallest absolute Gasteiger partial charge is 0.245 e. The first-order valence-corrected chi connectivity index (χ1v) is 7.80. The van der Waals surface area contributed by atoms with Crippen LogP contribution in [0, 0.1) is 12.3 Å². The van der Waals surface area contributed by atoms with Crippen LogP contribution in [-0.4, -0.2) is 20.6 Å². The lowest BCUT2D eigenvalue weighted by molar-refractivity contribution is 0.280. The zero-order valence-electron chi connectivity index (χ0n) is 11.6. The maximum Gasteiger partial charge on any atom is 0.245 e. The average Bonchev–Trinajstić information content (AvgIpc) is 2.36. The molecule has 0 atom stereocenters. The Balaban J connectivity index is 2.52. The third-order valence-electron chi connectivity index (χ3n) is 3.03. The van der Waals surface area contributed by atoms with Crippen molar-refractivity contribution in [2.24, 2.45) is 0 Å². The minimum absolute atomic E-state index is 0.0514. The van der Waals surface area contributed by atoms with Gasteiger partial charge in [0.2, 0.25) is 10.0 Å². The summed E-state index contributed by atoms with van der Waals surface area (Å²) in [6, 6.07) is 3.15. The molecule has 5 nitrogen and oxygen atoms in total. The van der Waals surface area contributed by atoms with Crippen molar-refractivity contribution in [1.82, 2.24) is 4.72 Å². The molecule has 3 N–H and O–H groups in total. The van der Waals surface area contributed by atoms with E-state index in [0.717, 1.165) is 18.4 Å². The molecule has 0 saturated heterocycles. The summed E-state index contributed by atoms with van der Waals surface area (Å²) in [7, 11) is -3.79. The molecule has 0 saturated carbocycles. The first-order chi connectivity index (χ1) is 9.25. The molecule has 6 heteroatoms.